The number of thioether (sulfide) groups is 2. The van der Waals surface area contributed by atoms with E-state index in [1.165, 1.54) is 17.3 Å². The lowest BCUT2D eigenvalue weighted by Gasteiger charge is -2.14. The number of nitrogens with one attached hydrogen (secondary N) is 1. The summed E-state index contributed by atoms with van der Waals surface area (Å²) in [6.07, 6.45) is -5.58. The van der Waals surface area contributed by atoms with Crippen LogP contribution in [0.25, 0.3) is 0 Å². The maximum Gasteiger partial charge on any atom is 0.422 e. The smallest absolute Gasteiger partial charge is 0.422 e. The van der Waals surface area contributed by atoms with Crippen LogP contribution in [0.5, 0.6) is 0 Å². The summed E-state index contributed by atoms with van der Waals surface area (Å²) in [6, 6.07) is 7.83. The van der Waals surface area contributed by atoms with Gasteiger partial charge in [0, 0.05) is 18.1 Å². The number of hydrogen-bond donors (Lipinski definition) is 1. The molecule has 0 unspecified atom stereocenters. The number of nitrogens with zero attached hydrogens (tertiary/aromatic N) is 1. The van der Waals surface area contributed by atoms with Crippen LogP contribution in [0.2, 0.25) is 0 Å². The van der Waals surface area contributed by atoms with E-state index in [0.29, 0.717) is 5.75 Å². The molecule has 0 atom stereocenters. The van der Waals surface area contributed by atoms with Gasteiger partial charge in [-0.3, -0.25) is 0 Å². The van der Waals surface area contributed by atoms with Crippen molar-refractivity contribution in [3.05, 3.63) is 29.8 Å². The number of para-hydroxylation sites is 1. The van der Waals surface area contributed by atoms with Gasteiger partial charge in [0.2, 0.25) is 0 Å². The summed E-state index contributed by atoms with van der Waals surface area (Å²) in [7, 11) is 0. The highest BCUT2D eigenvalue weighted by atomic mass is 32.2. The molecule has 1 aliphatic heterocycles. The van der Waals surface area contributed by atoms with E-state index in [2.05, 4.69) is 15.0 Å². The van der Waals surface area contributed by atoms with Crippen molar-refractivity contribution in [2.45, 2.75) is 11.9 Å². The largest absolute Gasteiger partial charge is 0.440 e. The number of ether oxygens (including phenoxy) is 1. The molecule has 2 rings (SSSR count). The lowest BCUT2D eigenvalue weighted by Crippen LogP contribution is -2.30. The van der Waals surface area contributed by atoms with E-state index in [-0.39, 0.29) is 6.54 Å². The van der Waals surface area contributed by atoms with Crippen molar-refractivity contribution in [1.29, 1.82) is 0 Å². The van der Waals surface area contributed by atoms with Crippen LogP contribution >= 0.6 is 23.5 Å². The number of rotatable bonds is 4. The van der Waals surface area contributed by atoms with Gasteiger partial charge in [0.25, 0.3) is 0 Å². The normalized spacial score (nSPS) is 14.0. The fourth-order valence-electron chi connectivity index (χ4n) is 1.58. The van der Waals surface area contributed by atoms with Gasteiger partial charge in [0.1, 0.15) is 4.38 Å². The van der Waals surface area contributed by atoms with Crippen LogP contribution in [0.4, 0.5) is 23.7 Å². The summed E-state index contributed by atoms with van der Waals surface area (Å²) in [5, 5.41) is 2.27. The van der Waals surface area contributed by atoms with Crippen LogP contribution in [0, 0.1) is 0 Å². The van der Waals surface area contributed by atoms with Crippen molar-refractivity contribution in [2.75, 3.05) is 18.9 Å². The number of carbonyl (C=O) groups excluding carboxylic acids is 1. The highest BCUT2D eigenvalue weighted by Gasteiger charge is 2.29. The molecule has 1 amide bonds. The fraction of sp³-hybridized carbons (Fsp3) is 0.385. The molecule has 1 heterocycles. The number of halogens is 3. The first-order chi connectivity index (χ1) is 10.4. The van der Waals surface area contributed by atoms with Gasteiger partial charge >= 0.3 is 12.3 Å². The number of aliphatic imine (C=N–C) groups is 1. The average molecular weight is 350 g/mol. The summed E-state index contributed by atoms with van der Waals surface area (Å²) in [4.78, 5) is 15.5. The molecule has 22 heavy (non-hydrogen) atoms. The Labute approximate surface area is 133 Å². The Morgan fingerprint density at radius 1 is 1.41 bits per heavy atom. The number of amides is 1. The van der Waals surface area contributed by atoms with Gasteiger partial charge in [-0.2, -0.15) is 13.2 Å². The molecule has 0 saturated heterocycles. The maximum atomic E-state index is 11.8. The predicted molar refractivity (Wildman–Crippen MR) is 82.7 cm³/mol. The molecule has 120 valence electrons. The van der Waals surface area contributed by atoms with Gasteiger partial charge in [0.05, 0.1) is 5.69 Å². The van der Waals surface area contributed by atoms with Crippen molar-refractivity contribution in [2.24, 2.45) is 4.99 Å². The third-order valence-corrected chi connectivity index (χ3v) is 4.77. The second-order valence-electron chi connectivity index (χ2n) is 4.26. The van der Waals surface area contributed by atoms with Gasteiger partial charge in [-0.1, -0.05) is 41.7 Å². The quantitative estimate of drug-likeness (QED) is 0.836. The number of alkyl halides is 3. The summed E-state index contributed by atoms with van der Waals surface area (Å²) in [6.45, 7) is -1.37. The Morgan fingerprint density at radius 2 is 2.18 bits per heavy atom. The molecule has 0 radical (unpaired) electrons. The Bertz CT molecular complexity index is 564. The van der Waals surface area contributed by atoms with Gasteiger partial charge in [-0.15, -0.1) is 0 Å². The van der Waals surface area contributed by atoms with Crippen LogP contribution in [0.1, 0.15) is 5.56 Å². The van der Waals surface area contributed by atoms with Gasteiger partial charge in [-0.05, 0) is 11.6 Å². The molecular formula is C13H13F3N2O2S2. The predicted octanol–water partition coefficient (Wildman–Crippen LogP) is 3.94. The number of benzene rings is 1. The van der Waals surface area contributed by atoms with Crippen molar-refractivity contribution < 1.29 is 22.7 Å². The summed E-state index contributed by atoms with van der Waals surface area (Å²) in [5.41, 5.74) is 2.10. The molecule has 0 bridgehead atoms. The first-order valence-corrected chi connectivity index (χ1v) is 8.31. The number of hydrogen-bond acceptors (Lipinski definition) is 5. The zero-order chi connectivity index (χ0) is 16.0. The monoisotopic (exact) mass is 350 g/mol. The van der Waals surface area contributed by atoms with E-state index >= 15 is 0 Å². The SMILES string of the molecule is O=C(NCCSC1=Nc2ccccc2CS1)OCC(F)(F)F. The average Bonchev–Trinajstić information content (AvgIpc) is 2.49. The molecule has 4 nitrogen and oxygen atoms in total. The molecule has 1 aromatic carbocycles. The standard InChI is InChI=1S/C13H13F3N2O2S2/c14-13(15,16)8-20-11(19)17-5-6-21-12-18-10-4-2-1-3-9(10)7-22-12/h1-4H,5-8H2,(H,17,19). The minimum atomic E-state index is -4.51. The van der Waals surface area contributed by atoms with Gasteiger partial charge in [0.15, 0.2) is 6.61 Å². The van der Waals surface area contributed by atoms with Crippen molar-refractivity contribution in [3.8, 4) is 0 Å². The second kappa shape index (κ2) is 7.77. The topological polar surface area (TPSA) is 50.7 Å². The lowest BCUT2D eigenvalue weighted by molar-refractivity contribution is -0.160. The Hall–Kier alpha value is -1.35. The van der Waals surface area contributed by atoms with Crippen molar-refractivity contribution in [1.82, 2.24) is 5.32 Å². The Morgan fingerprint density at radius 3 is 2.95 bits per heavy atom. The fourth-order valence-corrected chi connectivity index (χ4v) is 3.56. The Kier molecular flexibility index (Phi) is 6.01. The van der Waals surface area contributed by atoms with Crippen LogP contribution in [-0.4, -0.2) is 35.5 Å². The molecule has 0 aliphatic carbocycles. The van der Waals surface area contributed by atoms with Crippen molar-refractivity contribution in [3.63, 3.8) is 0 Å². The number of carbonyl (C=O) groups is 1. The van der Waals surface area contributed by atoms with Crippen LogP contribution in [-0.2, 0) is 10.5 Å². The maximum absolute atomic E-state index is 11.8. The van der Waals surface area contributed by atoms with Gasteiger partial charge < -0.3 is 10.1 Å². The molecule has 1 aliphatic rings. The molecule has 9 heteroatoms. The second-order valence-corrected chi connectivity index (χ2v) is 6.57. The van der Waals surface area contributed by atoms with E-state index in [4.69, 9.17) is 0 Å². The summed E-state index contributed by atoms with van der Waals surface area (Å²) >= 11 is 3.05. The van der Waals surface area contributed by atoms with E-state index in [1.54, 1.807) is 11.8 Å². The first-order valence-electron chi connectivity index (χ1n) is 6.33. The molecule has 0 fully saturated rings. The van der Waals surface area contributed by atoms with E-state index in [0.717, 1.165) is 15.8 Å². The lowest BCUT2D eigenvalue weighted by atomic mass is 10.2. The van der Waals surface area contributed by atoms with Crippen LogP contribution in [0.3, 0.4) is 0 Å². The van der Waals surface area contributed by atoms with E-state index in [1.807, 2.05) is 24.3 Å². The van der Waals surface area contributed by atoms with E-state index < -0.39 is 18.9 Å². The molecule has 0 aromatic heterocycles. The highest BCUT2D eigenvalue weighted by molar-refractivity contribution is 8.38. The molecule has 1 N–H and O–H groups in total. The first kappa shape index (κ1) is 17.0. The third kappa shape index (κ3) is 5.80. The van der Waals surface area contributed by atoms with Crippen LogP contribution < -0.4 is 5.32 Å². The summed E-state index contributed by atoms with van der Waals surface area (Å²) in [5.74, 6) is 1.35. The molecule has 1 aromatic rings. The molecular weight excluding hydrogens is 337 g/mol. The Balaban J connectivity index is 1.67. The van der Waals surface area contributed by atoms with E-state index in [9.17, 15) is 18.0 Å². The zero-order valence-corrected chi connectivity index (χ0v) is 13.0. The summed E-state index contributed by atoms with van der Waals surface area (Å²) < 4.78 is 40.4. The van der Waals surface area contributed by atoms with Crippen molar-refractivity contribution >= 4 is 39.7 Å². The van der Waals surface area contributed by atoms with Crippen LogP contribution in [0.15, 0.2) is 29.3 Å². The molecule has 0 spiro atoms. The molecule has 0 saturated carbocycles. The minimum absolute atomic E-state index is 0.211. The zero-order valence-electron chi connectivity index (χ0n) is 11.4. The third-order valence-electron chi connectivity index (χ3n) is 2.52. The highest BCUT2D eigenvalue weighted by Crippen LogP contribution is 2.34. The minimum Gasteiger partial charge on any atom is -0.440 e. The number of alkyl carbamates (subject to hydrolysis) is 1. The van der Waals surface area contributed by atoms with Gasteiger partial charge in [-0.25, -0.2) is 9.79 Å². The number of fused-ring (bicyclic) bond motifs is 1.